The summed E-state index contributed by atoms with van der Waals surface area (Å²) in [6, 6.07) is 2.00. The summed E-state index contributed by atoms with van der Waals surface area (Å²) >= 11 is 0. The molecule has 0 heterocycles. The fourth-order valence-corrected chi connectivity index (χ4v) is 2.99. The van der Waals surface area contributed by atoms with Crippen molar-refractivity contribution >= 4 is 16.0 Å². The van der Waals surface area contributed by atoms with Crippen LogP contribution in [0.25, 0.3) is 0 Å². The van der Waals surface area contributed by atoms with Gasteiger partial charge in [0.05, 0.1) is 18.9 Å². The van der Waals surface area contributed by atoms with Crippen molar-refractivity contribution in [3.05, 3.63) is 0 Å². The standard InChI is InChI=1S/C11H20N2O4S/c1-4-11(5-2,9-12)13-18(15,16)8-6-7-10(14)17-3/h13H,4-8H2,1-3H3. The van der Waals surface area contributed by atoms with Crippen molar-refractivity contribution in [2.24, 2.45) is 0 Å². The first kappa shape index (κ1) is 16.9. The van der Waals surface area contributed by atoms with E-state index < -0.39 is 21.5 Å². The SMILES string of the molecule is CCC(C#N)(CC)NS(=O)(=O)CCCC(=O)OC. The smallest absolute Gasteiger partial charge is 0.305 e. The van der Waals surface area contributed by atoms with E-state index in [0.717, 1.165) is 0 Å². The van der Waals surface area contributed by atoms with Gasteiger partial charge >= 0.3 is 5.97 Å². The van der Waals surface area contributed by atoms with Crippen molar-refractivity contribution in [2.75, 3.05) is 12.9 Å². The van der Waals surface area contributed by atoms with Gasteiger partial charge in [-0.15, -0.1) is 0 Å². The Hall–Kier alpha value is -1.13. The number of nitriles is 1. The van der Waals surface area contributed by atoms with Crippen LogP contribution in [-0.4, -0.2) is 32.8 Å². The number of methoxy groups -OCH3 is 1. The van der Waals surface area contributed by atoms with E-state index in [9.17, 15) is 13.2 Å². The predicted octanol–water partition coefficient (Wildman–Crippen LogP) is 0.941. The number of hydrogen-bond donors (Lipinski definition) is 1. The molecule has 0 unspecified atom stereocenters. The van der Waals surface area contributed by atoms with Crippen molar-refractivity contribution < 1.29 is 17.9 Å². The minimum atomic E-state index is -3.56. The Kier molecular flexibility index (Phi) is 6.88. The van der Waals surface area contributed by atoms with Gasteiger partial charge < -0.3 is 4.74 Å². The highest BCUT2D eigenvalue weighted by Gasteiger charge is 2.30. The van der Waals surface area contributed by atoms with Crippen molar-refractivity contribution in [2.45, 2.75) is 45.1 Å². The van der Waals surface area contributed by atoms with Crippen molar-refractivity contribution in [3.8, 4) is 6.07 Å². The van der Waals surface area contributed by atoms with E-state index >= 15 is 0 Å². The molecule has 0 saturated heterocycles. The molecule has 0 fully saturated rings. The van der Waals surface area contributed by atoms with Crippen LogP contribution in [0, 0.1) is 11.3 Å². The summed E-state index contributed by atoms with van der Waals surface area (Å²) in [4.78, 5) is 10.9. The Morgan fingerprint density at radius 3 is 2.33 bits per heavy atom. The Balaban J connectivity index is 4.48. The highest BCUT2D eigenvalue weighted by atomic mass is 32.2. The molecule has 6 nitrogen and oxygen atoms in total. The quantitative estimate of drug-likeness (QED) is 0.665. The number of rotatable bonds is 8. The number of esters is 1. The molecular formula is C11H20N2O4S. The number of ether oxygens (including phenoxy) is 1. The summed E-state index contributed by atoms with van der Waals surface area (Å²) in [6.45, 7) is 3.51. The van der Waals surface area contributed by atoms with Crippen LogP contribution in [0.4, 0.5) is 0 Å². The summed E-state index contributed by atoms with van der Waals surface area (Å²) < 4.78 is 30.4. The van der Waals surface area contributed by atoms with E-state index in [1.165, 1.54) is 7.11 Å². The molecule has 104 valence electrons. The normalized spacial score (nSPS) is 11.9. The van der Waals surface area contributed by atoms with Gasteiger partial charge in [0.2, 0.25) is 10.0 Å². The number of carbonyl (C=O) groups is 1. The molecule has 7 heteroatoms. The largest absolute Gasteiger partial charge is 0.469 e. The average molecular weight is 276 g/mol. The molecule has 0 aliphatic carbocycles. The second kappa shape index (κ2) is 7.34. The van der Waals surface area contributed by atoms with Gasteiger partial charge in [0.15, 0.2) is 0 Å². The molecule has 0 aromatic heterocycles. The van der Waals surface area contributed by atoms with E-state index in [2.05, 4.69) is 9.46 Å². The maximum atomic E-state index is 11.8. The Labute approximate surface area is 108 Å². The van der Waals surface area contributed by atoms with Gasteiger partial charge in [-0.3, -0.25) is 4.79 Å². The molecule has 0 bridgehead atoms. The first-order valence-electron chi connectivity index (χ1n) is 5.84. The maximum absolute atomic E-state index is 11.8. The lowest BCUT2D eigenvalue weighted by Gasteiger charge is -2.24. The third-order valence-corrected chi connectivity index (χ3v) is 4.32. The average Bonchev–Trinajstić information content (AvgIpc) is 2.35. The molecule has 0 saturated carbocycles. The molecule has 0 atom stereocenters. The third-order valence-electron chi connectivity index (χ3n) is 2.79. The van der Waals surface area contributed by atoms with Gasteiger partial charge in [0.25, 0.3) is 0 Å². The van der Waals surface area contributed by atoms with Crippen LogP contribution < -0.4 is 4.72 Å². The monoisotopic (exact) mass is 276 g/mol. The van der Waals surface area contributed by atoms with Gasteiger partial charge in [0.1, 0.15) is 5.54 Å². The zero-order valence-electron chi connectivity index (χ0n) is 11.0. The van der Waals surface area contributed by atoms with Gasteiger partial charge in [-0.2, -0.15) is 9.98 Å². The van der Waals surface area contributed by atoms with Crippen molar-refractivity contribution in [3.63, 3.8) is 0 Å². The topological polar surface area (TPSA) is 96.3 Å². The summed E-state index contributed by atoms with van der Waals surface area (Å²) in [5.74, 6) is -0.631. The van der Waals surface area contributed by atoms with Gasteiger partial charge in [-0.1, -0.05) is 13.8 Å². The minimum absolute atomic E-state index is 0.0508. The molecule has 0 amide bonds. The zero-order valence-corrected chi connectivity index (χ0v) is 11.8. The Morgan fingerprint density at radius 1 is 1.39 bits per heavy atom. The lowest BCUT2D eigenvalue weighted by molar-refractivity contribution is -0.140. The first-order valence-corrected chi connectivity index (χ1v) is 7.49. The molecule has 0 aliphatic heterocycles. The van der Waals surface area contributed by atoms with Crippen LogP contribution in [-0.2, 0) is 19.6 Å². The highest BCUT2D eigenvalue weighted by molar-refractivity contribution is 7.89. The summed E-state index contributed by atoms with van der Waals surface area (Å²) in [5.41, 5.74) is -1.05. The van der Waals surface area contributed by atoms with Gasteiger partial charge in [0, 0.05) is 6.42 Å². The molecule has 0 aliphatic rings. The fourth-order valence-electron chi connectivity index (χ4n) is 1.43. The maximum Gasteiger partial charge on any atom is 0.305 e. The Morgan fingerprint density at radius 2 is 1.94 bits per heavy atom. The van der Waals surface area contributed by atoms with E-state index in [-0.39, 0.29) is 18.6 Å². The number of carbonyl (C=O) groups excluding carboxylic acids is 1. The van der Waals surface area contributed by atoms with Crippen LogP contribution >= 0.6 is 0 Å². The molecular weight excluding hydrogens is 256 g/mol. The number of hydrogen-bond acceptors (Lipinski definition) is 5. The molecule has 0 radical (unpaired) electrons. The van der Waals surface area contributed by atoms with E-state index in [4.69, 9.17) is 5.26 Å². The molecule has 0 aromatic rings. The van der Waals surface area contributed by atoms with Crippen LogP contribution in [0.5, 0.6) is 0 Å². The van der Waals surface area contributed by atoms with Crippen LogP contribution in [0.2, 0.25) is 0 Å². The molecule has 1 N–H and O–H groups in total. The van der Waals surface area contributed by atoms with Crippen LogP contribution in [0.15, 0.2) is 0 Å². The number of nitrogens with zero attached hydrogens (tertiary/aromatic N) is 1. The lowest BCUT2D eigenvalue weighted by Crippen LogP contribution is -2.47. The Bertz CT molecular complexity index is 407. The van der Waals surface area contributed by atoms with Gasteiger partial charge in [-0.05, 0) is 19.3 Å². The summed E-state index contributed by atoms with van der Waals surface area (Å²) in [5, 5.41) is 9.04. The van der Waals surface area contributed by atoms with Crippen LogP contribution in [0.1, 0.15) is 39.5 Å². The van der Waals surface area contributed by atoms with E-state index in [1.54, 1.807) is 13.8 Å². The number of nitrogens with one attached hydrogen (secondary N) is 1. The molecule has 0 spiro atoms. The van der Waals surface area contributed by atoms with Crippen molar-refractivity contribution in [1.29, 1.82) is 5.26 Å². The van der Waals surface area contributed by atoms with Gasteiger partial charge in [-0.25, -0.2) is 8.42 Å². The fraction of sp³-hybridized carbons (Fsp3) is 0.818. The zero-order chi connectivity index (χ0) is 14.2. The van der Waals surface area contributed by atoms with Crippen LogP contribution in [0.3, 0.4) is 0 Å². The second-order valence-electron chi connectivity index (χ2n) is 4.00. The highest BCUT2D eigenvalue weighted by Crippen LogP contribution is 2.15. The molecule has 18 heavy (non-hydrogen) atoms. The first-order chi connectivity index (χ1) is 8.34. The van der Waals surface area contributed by atoms with Crippen molar-refractivity contribution in [1.82, 2.24) is 4.72 Å². The predicted molar refractivity (Wildman–Crippen MR) is 67.1 cm³/mol. The summed E-state index contributed by atoms with van der Waals surface area (Å²) in [6.07, 6.45) is 1.03. The molecule has 0 aromatic carbocycles. The second-order valence-corrected chi connectivity index (χ2v) is 5.84. The number of sulfonamides is 1. The minimum Gasteiger partial charge on any atom is -0.469 e. The summed E-state index contributed by atoms with van der Waals surface area (Å²) in [7, 11) is -2.31. The molecule has 0 rings (SSSR count). The van der Waals surface area contributed by atoms with E-state index in [1.807, 2.05) is 6.07 Å². The van der Waals surface area contributed by atoms with E-state index in [0.29, 0.717) is 12.8 Å². The lowest BCUT2D eigenvalue weighted by atomic mass is 9.97. The third kappa shape index (κ3) is 5.47.